The highest BCUT2D eigenvalue weighted by atomic mass is 16.2. The number of fused-ring (bicyclic) bond motifs is 1. The first kappa shape index (κ1) is 11.2. The molecule has 0 radical (unpaired) electrons. The molecule has 0 aliphatic rings. The molecule has 0 aromatic heterocycles. The van der Waals surface area contributed by atoms with Gasteiger partial charge in [-0.25, -0.2) is 0 Å². The Balaban J connectivity index is 2.71. The van der Waals surface area contributed by atoms with E-state index in [-0.39, 0.29) is 6.61 Å². The lowest BCUT2D eigenvalue weighted by atomic mass is 9.92. The molecule has 1 heteroatoms. The SMILES string of the molecule is CC(C)c1cccc2cccc(CCO)c12. The monoisotopic (exact) mass is 214 g/mol. The number of hydrogen-bond acceptors (Lipinski definition) is 1. The predicted molar refractivity (Wildman–Crippen MR) is 68.8 cm³/mol. The van der Waals surface area contributed by atoms with E-state index in [0.29, 0.717) is 5.92 Å². The molecule has 84 valence electrons. The van der Waals surface area contributed by atoms with Crippen molar-refractivity contribution in [3.63, 3.8) is 0 Å². The lowest BCUT2D eigenvalue weighted by molar-refractivity contribution is 0.300. The summed E-state index contributed by atoms with van der Waals surface area (Å²) in [4.78, 5) is 0. The van der Waals surface area contributed by atoms with Gasteiger partial charge in [-0.1, -0.05) is 50.2 Å². The van der Waals surface area contributed by atoms with Crippen molar-refractivity contribution < 1.29 is 5.11 Å². The third-order valence-corrected chi connectivity index (χ3v) is 3.03. The molecule has 0 aliphatic heterocycles. The molecule has 0 atom stereocenters. The van der Waals surface area contributed by atoms with E-state index in [4.69, 9.17) is 5.11 Å². The average Bonchev–Trinajstić information content (AvgIpc) is 2.29. The smallest absolute Gasteiger partial charge is 0.0471 e. The highest BCUT2D eigenvalue weighted by molar-refractivity contribution is 5.89. The van der Waals surface area contributed by atoms with Crippen molar-refractivity contribution in [1.82, 2.24) is 0 Å². The number of aliphatic hydroxyl groups excluding tert-OH is 1. The molecular formula is C15H18O. The van der Waals surface area contributed by atoms with Gasteiger partial charge in [-0.05, 0) is 34.2 Å². The molecule has 0 fully saturated rings. The Morgan fingerprint density at radius 2 is 1.75 bits per heavy atom. The molecule has 2 aromatic carbocycles. The normalized spacial score (nSPS) is 11.2. The van der Waals surface area contributed by atoms with E-state index in [9.17, 15) is 0 Å². The minimum absolute atomic E-state index is 0.214. The summed E-state index contributed by atoms with van der Waals surface area (Å²) in [5.41, 5.74) is 2.63. The fourth-order valence-corrected chi connectivity index (χ4v) is 2.26. The van der Waals surface area contributed by atoms with Gasteiger partial charge in [-0.15, -0.1) is 0 Å². The van der Waals surface area contributed by atoms with Gasteiger partial charge in [0.2, 0.25) is 0 Å². The van der Waals surface area contributed by atoms with Gasteiger partial charge in [0.25, 0.3) is 0 Å². The van der Waals surface area contributed by atoms with Crippen LogP contribution < -0.4 is 0 Å². The number of rotatable bonds is 3. The molecule has 0 amide bonds. The van der Waals surface area contributed by atoms with Gasteiger partial charge >= 0.3 is 0 Å². The van der Waals surface area contributed by atoms with E-state index in [0.717, 1.165) is 6.42 Å². The van der Waals surface area contributed by atoms with E-state index in [1.807, 2.05) is 0 Å². The summed E-state index contributed by atoms with van der Waals surface area (Å²) < 4.78 is 0. The van der Waals surface area contributed by atoms with Gasteiger partial charge in [0.05, 0.1) is 0 Å². The first-order valence-corrected chi connectivity index (χ1v) is 5.85. The van der Waals surface area contributed by atoms with Crippen molar-refractivity contribution >= 4 is 10.8 Å². The second kappa shape index (κ2) is 4.67. The Labute approximate surface area is 96.7 Å². The zero-order chi connectivity index (χ0) is 11.5. The van der Waals surface area contributed by atoms with Crippen LogP contribution >= 0.6 is 0 Å². The van der Waals surface area contributed by atoms with Crippen LogP contribution in [0.4, 0.5) is 0 Å². The van der Waals surface area contributed by atoms with Crippen molar-refractivity contribution in [2.45, 2.75) is 26.2 Å². The molecule has 2 rings (SSSR count). The second-order valence-corrected chi connectivity index (χ2v) is 4.49. The summed E-state index contributed by atoms with van der Waals surface area (Å²) in [6, 6.07) is 12.8. The van der Waals surface area contributed by atoms with Gasteiger partial charge < -0.3 is 5.11 Å². The van der Waals surface area contributed by atoms with Gasteiger partial charge in [0.15, 0.2) is 0 Å². The summed E-state index contributed by atoms with van der Waals surface area (Å²) in [5, 5.41) is 11.7. The van der Waals surface area contributed by atoms with Crippen LogP contribution in [0.15, 0.2) is 36.4 Å². The topological polar surface area (TPSA) is 20.2 Å². The van der Waals surface area contributed by atoms with Crippen LogP contribution in [0.25, 0.3) is 10.8 Å². The van der Waals surface area contributed by atoms with Crippen molar-refractivity contribution in [1.29, 1.82) is 0 Å². The summed E-state index contributed by atoms with van der Waals surface area (Å²) in [5.74, 6) is 0.517. The first-order valence-electron chi connectivity index (χ1n) is 5.85. The summed E-state index contributed by atoms with van der Waals surface area (Å²) in [6.45, 7) is 4.64. The van der Waals surface area contributed by atoms with Crippen molar-refractivity contribution in [2.24, 2.45) is 0 Å². The quantitative estimate of drug-likeness (QED) is 0.829. The Kier molecular flexibility index (Phi) is 3.25. The zero-order valence-electron chi connectivity index (χ0n) is 9.90. The van der Waals surface area contributed by atoms with Crippen LogP contribution in [-0.2, 0) is 6.42 Å². The van der Waals surface area contributed by atoms with Crippen LogP contribution in [0.2, 0.25) is 0 Å². The maximum Gasteiger partial charge on any atom is 0.0471 e. The highest BCUT2D eigenvalue weighted by Crippen LogP contribution is 2.28. The number of hydrogen-bond donors (Lipinski definition) is 1. The minimum atomic E-state index is 0.214. The average molecular weight is 214 g/mol. The lowest BCUT2D eigenvalue weighted by Gasteiger charge is -2.13. The van der Waals surface area contributed by atoms with Crippen molar-refractivity contribution in [3.8, 4) is 0 Å². The van der Waals surface area contributed by atoms with E-state index in [1.165, 1.54) is 21.9 Å². The maximum absolute atomic E-state index is 9.11. The van der Waals surface area contributed by atoms with E-state index < -0.39 is 0 Å². The summed E-state index contributed by atoms with van der Waals surface area (Å²) >= 11 is 0. The number of aliphatic hydroxyl groups is 1. The third kappa shape index (κ3) is 1.96. The van der Waals surface area contributed by atoms with Gasteiger partial charge in [0, 0.05) is 6.61 Å². The molecule has 1 N–H and O–H groups in total. The third-order valence-electron chi connectivity index (χ3n) is 3.03. The molecule has 2 aromatic rings. The van der Waals surface area contributed by atoms with Crippen LogP contribution in [0.1, 0.15) is 30.9 Å². The molecular weight excluding hydrogens is 196 g/mol. The zero-order valence-corrected chi connectivity index (χ0v) is 9.90. The molecule has 0 aliphatic carbocycles. The largest absolute Gasteiger partial charge is 0.396 e. The van der Waals surface area contributed by atoms with Gasteiger partial charge in [0.1, 0.15) is 0 Å². The summed E-state index contributed by atoms with van der Waals surface area (Å²) in [6.07, 6.45) is 0.737. The maximum atomic E-state index is 9.11. The molecule has 1 nitrogen and oxygen atoms in total. The van der Waals surface area contributed by atoms with Gasteiger partial charge in [-0.3, -0.25) is 0 Å². The van der Waals surface area contributed by atoms with Crippen LogP contribution in [0.3, 0.4) is 0 Å². The first-order chi connectivity index (χ1) is 7.74. The van der Waals surface area contributed by atoms with Gasteiger partial charge in [-0.2, -0.15) is 0 Å². The summed E-state index contributed by atoms with van der Waals surface area (Å²) in [7, 11) is 0. The molecule has 0 saturated carbocycles. The second-order valence-electron chi connectivity index (χ2n) is 4.49. The number of benzene rings is 2. The molecule has 16 heavy (non-hydrogen) atoms. The Morgan fingerprint density at radius 1 is 1.06 bits per heavy atom. The molecule has 0 bridgehead atoms. The van der Waals surface area contributed by atoms with E-state index in [2.05, 4.69) is 50.2 Å². The van der Waals surface area contributed by atoms with Crippen molar-refractivity contribution in [3.05, 3.63) is 47.5 Å². The van der Waals surface area contributed by atoms with Crippen LogP contribution in [0.5, 0.6) is 0 Å². The molecule has 0 unspecified atom stereocenters. The molecule has 0 spiro atoms. The molecule has 0 heterocycles. The van der Waals surface area contributed by atoms with Crippen molar-refractivity contribution in [2.75, 3.05) is 6.61 Å². The Bertz CT molecular complexity index is 481. The Morgan fingerprint density at radius 3 is 2.38 bits per heavy atom. The fourth-order valence-electron chi connectivity index (χ4n) is 2.26. The fraction of sp³-hybridized carbons (Fsp3) is 0.333. The van der Waals surface area contributed by atoms with Crippen LogP contribution in [0, 0.1) is 0 Å². The van der Waals surface area contributed by atoms with E-state index >= 15 is 0 Å². The predicted octanol–water partition coefficient (Wildman–Crippen LogP) is 3.50. The van der Waals surface area contributed by atoms with Crippen LogP contribution in [-0.4, -0.2) is 11.7 Å². The lowest BCUT2D eigenvalue weighted by Crippen LogP contribution is -1.96. The molecule has 0 saturated heterocycles. The minimum Gasteiger partial charge on any atom is -0.396 e. The standard InChI is InChI=1S/C15H18O/c1-11(2)14-8-4-7-12-5-3-6-13(9-10-16)15(12)14/h3-8,11,16H,9-10H2,1-2H3. The Hall–Kier alpha value is -1.34. The highest BCUT2D eigenvalue weighted by Gasteiger charge is 2.08. The van der Waals surface area contributed by atoms with E-state index in [1.54, 1.807) is 0 Å².